The summed E-state index contributed by atoms with van der Waals surface area (Å²) in [5.41, 5.74) is 18.5. The van der Waals surface area contributed by atoms with Crippen LogP contribution in [0.15, 0.2) is 65.7 Å². The highest BCUT2D eigenvalue weighted by Gasteiger charge is 2.28. The average Bonchev–Trinajstić information content (AvgIpc) is 2.85. The topological polar surface area (TPSA) is 166 Å². The second-order valence-electron chi connectivity index (χ2n) is 8.16. The van der Waals surface area contributed by atoms with Crippen LogP contribution in [-0.2, 0) is 27.2 Å². The summed E-state index contributed by atoms with van der Waals surface area (Å²) in [6, 6.07) is 16.1. The zero-order valence-corrected chi connectivity index (χ0v) is 20.3. The molecule has 9 nitrogen and oxygen atoms in total. The van der Waals surface area contributed by atoms with E-state index in [4.69, 9.17) is 28.8 Å². The van der Waals surface area contributed by atoms with Crippen molar-refractivity contribution >= 4 is 35.2 Å². The van der Waals surface area contributed by atoms with E-state index in [1.807, 2.05) is 60.7 Å². The van der Waals surface area contributed by atoms with Gasteiger partial charge in [0.15, 0.2) is 11.7 Å². The average molecular weight is 501 g/mol. The number of ketones is 1. The van der Waals surface area contributed by atoms with Gasteiger partial charge in [0.2, 0.25) is 11.8 Å². The summed E-state index contributed by atoms with van der Waals surface area (Å²) in [7, 11) is 0. The van der Waals surface area contributed by atoms with Crippen LogP contribution in [0.1, 0.15) is 24.0 Å². The Hall–Kier alpha value is -3.27. The molecule has 35 heavy (non-hydrogen) atoms. The third-order valence-corrected chi connectivity index (χ3v) is 5.61. The van der Waals surface area contributed by atoms with Gasteiger partial charge in [-0.3, -0.25) is 30.0 Å². The molecule has 3 atom stereocenters. The van der Waals surface area contributed by atoms with Crippen molar-refractivity contribution in [3.05, 3.63) is 71.8 Å². The molecule has 0 saturated heterocycles. The zero-order chi connectivity index (χ0) is 25.6. The number of halogens is 1. The number of amides is 2. The first-order valence-electron chi connectivity index (χ1n) is 11.4. The summed E-state index contributed by atoms with van der Waals surface area (Å²) in [6.45, 7) is 0.332. The van der Waals surface area contributed by atoms with Crippen LogP contribution in [0.5, 0.6) is 0 Å². The molecule has 2 aromatic carbocycles. The van der Waals surface area contributed by atoms with Crippen LogP contribution in [0.3, 0.4) is 0 Å². The number of Topliss-reactive ketones (excluding diaryl/α,β-unsaturated/α-hetero) is 1. The number of nitrogens with zero attached hydrogens (tertiary/aromatic N) is 1. The molecule has 0 unspecified atom stereocenters. The minimum absolute atomic E-state index is 0.0372. The molecule has 0 bridgehead atoms. The van der Waals surface area contributed by atoms with E-state index in [-0.39, 0.29) is 30.5 Å². The minimum Gasteiger partial charge on any atom is -0.370 e. The van der Waals surface area contributed by atoms with Gasteiger partial charge < -0.3 is 17.2 Å². The number of imide groups is 1. The van der Waals surface area contributed by atoms with E-state index in [1.165, 1.54) is 0 Å². The summed E-state index contributed by atoms with van der Waals surface area (Å²) in [5.74, 6) is -1.69. The summed E-state index contributed by atoms with van der Waals surface area (Å²) in [6.07, 6.45) is 1.41. The SMILES string of the molecule is NC(N)=NCCC[C@H](N[C@@H](Cc1ccccc1)C(=O)NC(=O)[C@H](N)Cc1ccccc1)C(=O)CCl. The van der Waals surface area contributed by atoms with E-state index >= 15 is 0 Å². The normalized spacial score (nSPS) is 13.3. The van der Waals surface area contributed by atoms with Crippen molar-refractivity contribution in [1.29, 1.82) is 0 Å². The molecule has 2 amide bonds. The van der Waals surface area contributed by atoms with E-state index < -0.39 is 29.9 Å². The number of rotatable bonds is 14. The maximum absolute atomic E-state index is 13.1. The van der Waals surface area contributed by atoms with E-state index in [0.29, 0.717) is 19.4 Å². The Morgan fingerprint density at radius 3 is 1.97 bits per heavy atom. The Labute approximate surface area is 210 Å². The van der Waals surface area contributed by atoms with E-state index in [2.05, 4.69) is 15.6 Å². The summed E-state index contributed by atoms with van der Waals surface area (Å²) in [4.78, 5) is 42.2. The number of nitrogens with two attached hydrogens (primary N) is 3. The fourth-order valence-corrected chi connectivity index (χ4v) is 3.70. The van der Waals surface area contributed by atoms with Gasteiger partial charge in [-0.15, -0.1) is 11.6 Å². The van der Waals surface area contributed by atoms with Crippen LogP contribution in [-0.4, -0.2) is 54.1 Å². The second-order valence-corrected chi connectivity index (χ2v) is 8.43. The molecule has 0 aliphatic heterocycles. The van der Waals surface area contributed by atoms with Crippen LogP contribution >= 0.6 is 11.6 Å². The van der Waals surface area contributed by atoms with Gasteiger partial charge in [-0.05, 0) is 36.8 Å². The monoisotopic (exact) mass is 500 g/mol. The Bertz CT molecular complexity index is 983. The fourth-order valence-electron chi connectivity index (χ4n) is 3.52. The number of aliphatic imine (C=N–C) groups is 1. The third-order valence-electron chi connectivity index (χ3n) is 5.35. The summed E-state index contributed by atoms with van der Waals surface area (Å²) in [5, 5.41) is 5.49. The van der Waals surface area contributed by atoms with Crippen molar-refractivity contribution in [2.75, 3.05) is 12.4 Å². The number of alkyl halides is 1. The second kappa shape index (κ2) is 14.9. The molecule has 2 rings (SSSR count). The highest BCUT2D eigenvalue weighted by molar-refractivity contribution is 6.28. The van der Waals surface area contributed by atoms with Crippen molar-refractivity contribution in [3.63, 3.8) is 0 Å². The number of carbonyl (C=O) groups is 3. The molecule has 0 aliphatic carbocycles. The number of hydrogen-bond donors (Lipinski definition) is 5. The van der Waals surface area contributed by atoms with Gasteiger partial charge in [0.25, 0.3) is 0 Å². The molecule has 10 heteroatoms. The van der Waals surface area contributed by atoms with Crippen LogP contribution in [0, 0.1) is 0 Å². The number of carbonyl (C=O) groups excluding carboxylic acids is 3. The maximum atomic E-state index is 13.1. The Kier molecular flexibility index (Phi) is 11.9. The van der Waals surface area contributed by atoms with Gasteiger partial charge in [0.1, 0.15) is 0 Å². The lowest BCUT2D eigenvalue weighted by Crippen LogP contribution is -2.55. The van der Waals surface area contributed by atoms with Gasteiger partial charge in [-0.2, -0.15) is 0 Å². The molecule has 0 aliphatic rings. The van der Waals surface area contributed by atoms with Crippen molar-refractivity contribution in [3.8, 4) is 0 Å². The Morgan fingerprint density at radius 2 is 1.43 bits per heavy atom. The quantitative estimate of drug-likeness (QED) is 0.110. The van der Waals surface area contributed by atoms with Gasteiger partial charge in [-0.25, -0.2) is 0 Å². The molecule has 0 heterocycles. The van der Waals surface area contributed by atoms with Crippen LogP contribution in [0.2, 0.25) is 0 Å². The van der Waals surface area contributed by atoms with Crippen molar-refractivity contribution in [2.24, 2.45) is 22.2 Å². The van der Waals surface area contributed by atoms with E-state index in [9.17, 15) is 14.4 Å². The molecule has 188 valence electrons. The number of benzene rings is 2. The molecule has 8 N–H and O–H groups in total. The van der Waals surface area contributed by atoms with E-state index in [0.717, 1.165) is 11.1 Å². The first-order chi connectivity index (χ1) is 16.8. The molecule has 0 spiro atoms. The zero-order valence-electron chi connectivity index (χ0n) is 19.5. The largest absolute Gasteiger partial charge is 0.370 e. The third kappa shape index (κ3) is 10.3. The molecular formula is C25H33ClN6O3. The predicted molar refractivity (Wildman–Crippen MR) is 138 cm³/mol. The molecule has 2 aromatic rings. The van der Waals surface area contributed by atoms with Crippen molar-refractivity contribution < 1.29 is 14.4 Å². The lowest BCUT2D eigenvalue weighted by Gasteiger charge is -2.24. The molecule has 0 aromatic heterocycles. The van der Waals surface area contributed by atoms with Crippen molar-refractivity contribution in [1.82, 2.24) is 10.6 Å². The van der Waals surface area contributed by atoms with Gasteiger partial charge in [-0.1, -0.05) is 60.7 Å². The molecule has 0 saturated carbocycles. The molecular weight excluding hydrogens is 468 g/mol. The summed E-state index contributed by atoms with van der Waals surface area (Å²) < 4.78 is 0. The predicted octanol–water partition coefficient (Wildman–Crippen LogP) is 0.630. The standard InChI is InChI=1S/C25H33ClN6O3/c26-16-22(33)20(12-7-13-30-25(28)29)31-21(15-18-10-5-2-6-11-18)24(35)32-23(34)19(27)14-17-8-3-1-4-9-17/h1-6,8-11,19-21,31H,7,12-16,27H2,(H4,28,29,30)(H,32,34,35)/t19-,20+,21+/m1/s1. The first-order valence-corrected chi connectivity index (χ1v) is 11.9. The van der Waals surface area contributed by atoms with E-state index in [1.54, 1.807) is 0 Å². The number of hydrogen-bond acceptors (Lipinski definition) is 6. The van der Waals surface area contributed by atoms with Gasteiger partial charge in [0.05, 0.1) is 24.0 Å². The highest BCUT2D eigenvalue weighted by atomic mass is 35.5. The lowest BCUT2D eigenvalue weighted by molar-refractivity contribution is -0.132. The number of guanidine groups is 1. The summed E-state index contributed by atoms with van der Waals surface area (Å²) >= 11 is 5.81. The van der Waals surface area contributed by atoms with Crippen LogP contribution in [0.4, 0.5) is 0 Å². The minimum atomic E-state index is -0.904. The highest BCUT2D eigenvalue weighted by Crippen LogP contribution is 2.09. The van der Waals surface area contributed by atoms with Gasteiger partial charge in [0, 0.05) is 6.54 Å². The van der Waals surface area contributed by atoms with Gasteiger partial charge >= 0.3 is 0 Å². The Balaban J connectivity index is 2.11. The lowest BCUT2D eigenvalue weighted by atomic mass is 10.0. The molecule has 0 radical (unpaired) electrons. The fraction of sp³-hybridized carbons (Fsp3) is 0.360. The first kappa shape index (κ1) is 28.0. The maximum Gasteiger partial charge on any atom is 0.244 e. The number of nitrogens with one attached hydrogen (secondary N) is 2. The van der Waals surface area contributed by atoms with Crippen LogP contribution in [0.25, 0.3) is 0 Å². The molecule has 0 fully saturated rings. The Morgan fingerprint density at radius 1 is 0.857 bits per heavy atom. The van der Waals surface area contributed by atoms with Crippen molar-refractivity contribution in [2.45, 2.75) is 43.8 Å². The smallest absolute Gasteiger partial charge is 0.244 e. The van der Waals surface area contributed by atoms with Crippen LogP contribution < -0.4 is 27.8 Å².